The fraction of sp³-hybridized carbons (Fsp3) is 0.640. The molecule has 12 heteroatoms. The van der Waals surface area contributed by atoms with Crippen molar-refractivity contribution in [1.29, 1.82) is 0 Å². The van der Waals surface area contributed by atoms with Crippen LogP contribution in [-0.4, -0.2) is 55.3 Å². The number of hydrogen-bond acceptors (Lipinski definition) is 7. The second kappa shape index (κ2) is 11.2. The number of aliphatic carboxylic acids is 1. The molecule has 0 unspecified atom stereocenters. The van der Waals surface area contributed by atoms with Crippen molar-refractivity contribution in [2.75, 3.05) is 6.54 Å². The topological polar surface area (TPSA) is 169 Å². The van der Waals surface area contributed by atoms with Crippen LogP contribution in [-0.2, 0) is 26.0 Å². The first kappa shape index (κ1) is 30.2. The van der Waals surface area contributed by atoms with E-state index in [2.05, 4.69) is 15.0 Å². The zero-order valence-electron chi connectivity index (χ0n) is 22.9. The zero-order valence-corrected chi connectivity index (χ0v) is 23.8. The summed E-state index contributed by atoms with van der Waals surface area (Å²) in [5.41, 5.74) is 7.60. The number of aliphatic imine (C=N–C) groups is 1. The predicted molar refractivity (Wildman–Crippen MR) is 141 cm³/mol. The zero-order chi connectivity index (χ0) is 28.3. The maximum atomic E-state index is 13.3. The van der Waals surface area contributed by atoms with Gasteiger partial charge in [-0.25, -0.2) is 22.7 Å². The average Bonchev–Trinajstić information content (AvgIpc) is 2.71. The third-order valence-corrected chi connectivity index (χ3v) is 7.72. The van der Waals surface area contributed by atoms with Gasteiger partial charge in [-0.2, -0.15) is 0 Å². The molecule has 1 aromatic carbocycles. The maximum Gasteiger partial charge on any atom is 0.408 e. The Morgan fingerprint density at radius 2 is 1.81 bits per heavy atom. The Hall–Kier alpha value is -3.02. The van der Waals surface area contributed by atoms with Crippen molar-refractivity contribution < 1.29 is 32.6 Å². The molecule has 0 aliphatic carbocycles. The number of nitrogens with zero attached hydrogens (tertiary/aromatic N) is 1. The van der Waals surface area contributed by atoms with Crippen molar-refractivity contribution in [3.63, 3.8) is 0 Å². The minimum absolute atomic E-state index is 0.0523. The average molecular weight is 541 g/mol. The number of carbonyl (C=O) groups excluding carboxylic acids is 1. The fourth-order valence-corrected chi connectivity index (χ4v) is 5.70. The van der Waals surface area contributed by atoms with Gasteiger partial charge in [0.05, 0.1) is 4.90 Å². The molecule has 1 aliphatic heterocycles. The van der Waals surface area contributed by atoms with Crippen LogP contribution in [0.15, 0.2) is 9.89 Å². The fourth-order valence-electron chi connectivity index (χ4n) is 4.17. The molecule has 0 aromatic heterocycles. The third-order valence-electron chi connectivity index (χ3n) is 6.10. The van der Waals surface area contributed by atoms with Gasteiger partial charge in [-0.15, -0.1) is 0 Å². The number of carboxylic acid groups (broad SMARTS) is 1. The maximum absolute atomic E-state index is 13.3. The molecule has 0 spiro atoms. The Bertz CT molecular complexity index is 1180. The van der Waals surface area contributed by atoms with Crippen molar-refractivity contribution >= 4 is 28.0 Å². The molecular weight excluding hydrogens is 500 g/mol. The van der Waals surface area contributed by atoms with Gasteiger partial charge in [-0.05, 0) is 103 Å². The second-order valence-electron chi connectivity index (χ2n) is 10.9. The summed E-state index contributed by atoms with van der Waals surface area (Å²) in [5, 5.41) is 11.7. The number of carboxylic acids is 1. The summed E-state index contributed by atoms with van der Waals surface area (Å²) in [6.07, 6.45) is 0.911. The Morgan fingerprint density at radius 1 is 1.19 bits per heavy atom. The molecule has 2 rings (SSSR count). The number of nitrogens with two attached hydrogens (primary N) is 1. The van der Waals surface area contributed by atoms with Gasteiger partial charge in [0, 0.05) is 6.54 Å². The number of benzene rings is 1. The molecular formula is C25H40N4O7S. The minimum atomic E-state index is -4.03. The van der Waals surface area contributed by atoms with E-state index in [1.54, 1.807) is 34.6 Å². The number of ether oxygens (including phenoxy) is 2. The molecule has 0 saturated carbocycles. The highest BCUT2D eigenvalue weighted by Crippen LogP contribution is 2.42. The molecule has 1 heterocycles. The summed E-state index contributed by atoms with van der Waals surface area (Å²) in [7, 11) is -4.03. The summed E-state index contributed by atoms with van der Waals surface area (Å²) < 4.78 is 40.1. The van der Waals surface area contributed by atoms with Gasteiger partial charge in [0.1, 0.15) is 23.0 Å². The van der Waals surface area contributed by atoms with Crippen LogP contribution in [0.4, 0.5) is 4.79 Å². The Morgan fingerprint density at radius 3 is 2.38 bits per heavy atom. The Balaban J connectivity index is 2.10. The quantitative estimate of drug-likeness (QED) is 0.221. The number of fused-ring (bicyclic) bond motifs is 1. The van der Waals surface area contributed by atoms with E-state index < -0.39 is 33.7 Å². The van der Waals surface area contributed by atoms with Crippen molar-refractivity contribution in [2.45, 2.75) is 103 Å². The summed E-state index contributed by atoms with van der Waals surface area (Å²) in [6, 6.07) is -1.18. The largest absolute Gasteiger partial charge is 0.487 e. The minimum Gasteiger partial charge on any atom is -0.487 e. The molecule has 0 fully saturated rings. The molecule has 0 bridgehead atoms. The molecule has 1 aromatic rings. The van der Waals surface area contributed by atoms with E-state index in [0.717, 1.165) is 23.3 Å². The molecule has 208 valence electrons. The standard InChI is InChI=1S/C25H40N4O7S/c1-14-15(2)20(16(3)17-11-12-25(7,8)35-19(14)17)37(33,34)29-22(26)27-13-9-10-18(21(30)31)28-23(32)36-24(4,5)6/h18H,9-13H2,1-8H3,(H,28,32)(H,30,31)(H3,26,27,29)/t18-/m1/s1. The molecule has 1 aliphatic rings. The van der Waals surface area contributed by atoms with E-state index in [9.17, 15) is 23.1 Å². The number of hydrogen-bond donors (Lipinski definition) is 4. The number of carbonyl (C=O) groups is 2. The van der Waals surface area contributed by atoms with Crippen LogP contribution in [0.5, 0.6) is 5.75 Å². The van der Waals surface area contributed by atoms with Crippen LogP contribution in [0.1, 0.15) is 76.1 Å². The Labute approximate surface area is 219 Å². The van der Waals surface area contributed by atoms with Gasteiger partial charge < -0.3 is 25.6 Å². The van der Waals surface area contributed by atoms with Crippen LogP contribution in [0.2, 0.25) is 0 Å². The van der Waals surface area contributed by atoms with Crippen molar-refractivity contribution in [3.8, 4) is 5.75 Å². The first-order chi connectivity index (χ1) is 16.8. The number of rotatable bonds is 8. The predicted octanol–water partition coefficient (Wildman–Crippen LogP) is 3.07. The number of guanidine groups is 1. The first-order valence-corrected chi connectivity index (χ1v) is 13.7. The van der Waals surface area contributed by atoms with Gasteiger partial charge in [0.2, 0.25) is 5.96 Å². The van der Waals surface area contributed by atoms with E-state index in [4.69, 9.17) is 15.2 Å². The third kappa shape index (κ3) is 7.98. The summed E-state index contributed by atoms with van der Waals surface area (Å²) >= 11 is 0. The molecule has 11 nitrogen and oxygen atoms in total. The normalized spacial score (nSPS) is 16.3. The van der Waals surface area contributed by atoms with E-state index >= 15 is 0 Å². The second-order valence-corrected chi connectivity index (χ2v) is 12.5. The first-order valence-electron chi connectivity index (χ1n) is 12.2. The van der Waals surface area contributed by atoms with Crippen LogP contribution in [0, 0.1) is 20.8 Å². The molecule has 37 heavy (non-hydrogen) atoms. The van der Waals surface area contributed by atoms with E-state index in [-0.39, 0.29) is 35.8 Å². The highest BCUT2D eigenvalue weighted by Gasteiger charge is 2.33. The van der Waals surface area contributed by atoms with Gasteiger partial charge in [-0.3, -0.25) is 4.99 Å². The molecule has 0 saturated heterocycles. The molecule has 0 radical (unpaired) electrons. The van der Waals surface area contributed by atoms with Crippen molar-refractivity contribution in [3.05, 3.63) is 22.3 Å². The number of amides is 1. The summed E-state index contributed by atoms with van der Waals surface area (Å²) in [6.45, 7) is 14.4. The van der Waals surface area contributed by atoms with E-state index in [1.807, 2.05) is 20.8 Å². The number of sulfonamides is 1. The van der Waals surface area contributed by atoms with E-state index in [1.165, 1.54) is 0 Å². The molecule has 5 N–H and O–H groups in total. The van der Waals surface area contributed by atoms with Gasteiger partial charge in [0.25, 0.3) is 10.0 Å². The number of nitrogens with one attached hydrogen (secondary N) is 2. The van der Waals surface area contributed by atoms with Crippen molar-refractivity contribution in [1.82, 2.24) is 10.0 Å². The molecule has 1 atom stereocenters. The van der Waals surface area contributed by atoms with Crippen LogP contribution < -0.4 is 20.5 Å². The lowest BCUT2D eigenvalue weighted by atomic mass is 9.88. The lowest BCUT2D eigenvalue weighted by Crippen LogP contribution is -2.43. The van der Waals surface area contributed by atoms with Crippen molar-refractivity contribution in [2.24, 2.45) is 10.7 Å². The highest BCUT2D eigenvalue weighted by atomic mass is 32.2. The summed E-state index contributed by atoms with van der Waals surface area (Å²) in [4.78, 5) is 27.5. The lowest BCUT2D eigenvalue weighted by molar-refractivity contribution is -0.139. The summed E-state index contributed by atoms with van der Waals surface area (Å²) in [5.74, 6) is -0.789. The SMILES string of the molecule is Cc1c(C)c(S(=O)(=O)NC(N)=NCCC[C@@H](NC(=O)OC(C)(C)C)C(=O)O)c(C)c2c1OC(C)(C)CC2. The number of alkyl carbamates (subject to hydrolysis) is 1. The smallest absolute Gasteiger partial charge is 0.408 e. The van der Waals surface area contributed by atoms with Crippen LogP contribution in [0.25, 0.3) is 0 Å². The van der Waals surface area contributed by atoms with Gasteiger partial charge in [-0.1, -0.05) is 0 Å². The van der Waals surface area contributed by atoms with Gasteiger partial charge >= 0.3 is 12.1 Å². The van der Waals surface area contributed by atoms with E-state index in [0.29, 0.717) is 17.5 Å². The highest BCUT2D eigenvalue weighted by molar-refractivity contribution is 7.90. The van der Waals surface area contributed by atoms with Crippen LogP contribution in [0.3, 0.4) is 0 Å². The monoisotopic (exact) mass is 540 g/mol. The molecule has 1 amide bonds. The van der Waals surface area contributed by atoms with Crippen LogP contribution >= 0.6 is 0 Å². The van der Waals surface area contributed by atoms with Gasteiger partial charge in [0.15, 0.2) is 0 Å². The lowest BCUT2D eigenvalue weighted by Gasteiger charge is -2.35. The Kier molecular flexibility index (Phi) is 9.11.